The number of nitrogens with zero attached hydrogens (tertiary/aromatic N) is 2. The Morgan fingerprint density at radius 3 is 2.50 bits per heavy atom. The maximum atomic E-state index is 12.6. The fourth-order valence-electron chi connectivity index (χ4n) is 3.18. The third-order valence-corrected chi connectivity index (χ3v) is 4.47. The summed E-state index contributed by atoms with van der Waals surface area (Å²) < 4.78 is 0. The summed E-state index contributed by atoms with van der Waals surface area (Å²) in [6, 6.07) is 4.05. The molecule has 3 heteroatoms. The average Bonchev–Trinajstić information content (AvgIpc) is 2.48. The summed E-state index contributed by atoms with van der Waals surface area (Å²) in [5.41, 5.74) is 3.93. The highest BCUT2D eigenvalue weighted by Gasteiger charge is 2.19. The molecule has 0 atom stereocenters. The number of rotatable bonds is 5. The monoisotopic (exact) mass is 300 g/mol. The summed E-state index contributed by atoms with van der Waals surface area (Å²) in [5.74, 6) is 0.892. The molecular weight excluding hydrogens is 272 g/mol. The normalized spacial score (nSPS) is 16.2. The van der Waals surface area contributed by atoms with Gasteiger partial charge >= 0.3 is 0 Å². The average molecular weight is 300 g/mol. The maximum absolute atomic E-state index is 12.6. The van der Waals surface area contributed by atoms with Crippen LogP contribution in [0.2, 0.25) is 0 Å². The molecule has 1 fully saturated rings. The van der Waals surface area contributed by atoms with E-state index < -0.39 is 0 Å². The Kier molecular flexibility index (Phi) is 5.76. The van der Waals surface area contributed by atoms with Gasteiger partial charge in [-0.1, -0.05) is 32.1 Å². The summed E-state index contributed by atoms with van der Waals surface area (Å²) >= 11 is 0. The zero-order valence-corrected chi connectivity index (χ0v) is 14.4. The number of aryl methyl sites for hydroxylation is 2. The molecule has 0 aliphatic heterocycles. The second-order valence-corrected chi connectivity index (χ2v) is 6.79. The van der Waals surface area contributed by atoms with Crippen molar-refractivity contribution in [3.05, 3.63) is 28.8 Å². The van der Waals surface area contributed by atoms with Crippen molar-refractivity contribution in [2.24, 2.45) is 10.9 Å². The summed E-state index contributed by atoms with van der Waals surface area (Å²) in [5, 5.41) is 0. The molecule has 0 heterocycles. The summed E-state index contributed by atoms with van der Waals surface area (Å²) in [4.78, 5) is 19.0. The molecule has 3 nitrogen and oxygen atoms in total. The number of carbonyl (C=O) groups is 1. The van der Waals surface area contributed by atoms with Crippen LogP contribution in [0.5, 0.6) is 0 Å². The van der Waals surface area contributed by atoms with E-state index in [1.165, 1.54) is 32.1 Å². The smallest absolute Gasteiger partial charge is 0.163 e. The Hall–Kier alpha value is -1.64. The van der Waals surface area contributed by atoms with Gasteiger partial charge in [0.15, 0.2) is 5.78 Å². The van der Waals surface area contributed by atoms with Crippen molar-refractivity contribution >= 4 is 17.8 Å². The Balaban J connectivity index is 2.13. The van der Waals surface area contributed by atoms with Crippen LogP contribution in [-0.4, -0.2) is 31.1 Å². The summed E-state index contributed by atoms with van der Waals surface area (Å²) in [6.45, 7) is 4.04. The third-order valence-electron chi connectivity index (χ3n) is 4.47. The highest BCUT2D eigenvalue weighted by molar-refractivity contribution is 5.98. The molecule has 0 spiro atoms. The third kappa shape index (κ3) is 4.43. The number of carbonyl (C=O) groups excluding carboxylic acids is 1. The molecule has 2 rings (SSSR count). The Morgan fingerprint density at radius 2 is 1.86 bits per heavy atom. The van der Waals surface area contributed by atoms with Gasteiger partial charge in [0.1, 0.15) is 0 Å². The van der Waals surface area contributed by atoms with Gasteiger partial charge in [-0.25, -0.2) is 4.99 Å². The lowest BCUT2D eigenvalue weighted by molar-refractivity contribution is 0.0949. The zero-order chi connectivity index (χ0) is 16.1. The van der Waals surface area contributed by atoms with Gasteiger partial charge in [-0.3, -0.25) is 4.79 Å². The Labute approximate surface area is 134 Å². The van der Waals surface area contributed by atoms with Crippen LogP contribution in [-0.2, 0) is 0 Å². The molecule has 1 aromatic carbocycles. The first kappa shape index (κ1) is 16.7. The molecule has 1 aliphatic carbocycles. The van der Waals surface area contributed by atoms with Crippen molar-refractivity contribution in [1.82, 2.24) is 4.90 Å². The molecule has 120 valence electrons. The van der Waals surface area contributed by atoms with Crippen LogP contribution in [0.15, 0.2) is 17.1 Å². The second-order valence-electron chi connectivity index (χ2n) is 6.79. The molecule has 1 aliphatic rings. The number of benzene rings is 1. The fraction of sp³-hybridized carbons (Fsp3) is 0.579. The van der Waals surface area contributed by atoms with E-state index >= 15 is 0 Å². The molecule has 0 saturated heterocycles. The highest BCUT2D eigenvalue weighted by atomic mass is 16.1. The Morgan fingerprint density at radius 1 is 1.18 bits per heavy atom. The molecule has 0 bridgehead atoms. The van der Waals surface area contributed by atoms with Gasteiger partial charge in [0, 0.05) is 26.1 Å². The number of hydrogen-bond donors (Lipinski definition) is 0. The lowest BCUT2D eigenvalue weighted by Crippen LogP contribution is -2.13. The first-order chi connectivity index (χ1) is 10.5. The van der Waals surface area contributed by atoms with Gasteiger partial charge in [-0.05, 0) is 43.0 Å². The van der Waals surface area contributed by atoms with Gasteiger partial charge in [-0.15, -0.1) is 0 Å². The molecule has 0 N–H and O–H groups in total. The van der Waals surface area contributed by atoms with Gasteiger partial charge < -0.3 is 4.90 Å². The quantitative estimate of drug-likeness (QED) is 0.449. The molecule has 0 amide bonds. The lowest BCUT2D eigenvalue weighted by Gasteiger charge is -2.21. The van der Waals surface area contributed by atoms with Crippen LogP contribution in [0.3, 0.4) is 0 Å². The highest BCUT2D eigenvalue weighted by Crippen LogP contribution is 2.29. The first-order valence-electron chi connectivity index (χ1n) is 8.32. The molecule has 0 radical (unpaired) electrons. The van der Waals surface area contributed by atoms with Gasteiger partial charge in [0.25, 0.3) is 0 Å². The van der Waals surface area contributed by atoms with Crippen LogP contribution in [0.25, 0.3) is 0 Å². The van der Waals surface area contributed by atoms with E-state index in [2.05, 4.69) is 4.99 Å². The van der Waals surface area contributed by atoms with E-state index in [9.17, 15) is 4.79 Å². The zero-order valence-electron chi connectivity index (χ0n) is 14.4. The van der Waals surface area contributed by atoms with Gasteiger partial charge in [0.2, 0.25) is 0 Å². The van der Waals surface area contributed by atoms with Crippen LogP contribution >= 0.6 is 0 Å². The van der Waals surface area contributed by atoms with Gasteiger partial charge in [0.05, 0.1) is 12.0 Å². The Bertz CT molecular complexity index is 555. The molecule has 0 aromatic heterocycles. The van der Waals surface area contributed by atoms with Crippen LogP contribution in [0, 0.1) is 19.8 Å². The van der Waals surface area contributed by atoms with Crippen LogP contribution < -0.4 is 0 Å². The number of Topliss-reactive ketones (excluding diaryl/α,β-unsaturated/α-hetero) is 1. The van der Waals surface area contributed by atoms with E-state index in [0.29, 0.717) is 18.1 Å². The van der Waals surface area contributed by atoms with Crippen molar-refractivity contribution in [2.75, 3.05) is 14.1 Å². The predicted molar refractivity (Wildman–Crippen MR) is 93.3 cm³/mol. The number of aliphatic imine (C=N–C) groups is 1. The number of ketones is 1. The van der Waals surface area contributed by atoms with Crippen molar-refractivity contribution in [2.45, 2.75) is 52.4 Å². The largest absolute Gasteiger partial charge is 0.369 e. The van der Waals surface area contributed by atoms with E-state index in [1.54, 1.807) is 6.34 Å². The fourth-order valence-corrected chi connectivity index (χ4v) is 3.18. The summed E-state index contributed by atoms with van der Waals surface area (Å²) in [6.07, 6.45) is 8.85. The van der Waals surface area contributed by atoms with E-state index in [0.717, 1.165) is 22.4 Å². The minimum Gasteiger partial charge on any atom is -0.369 e. The molecule has 1 saturated carbocycles. The van der Waals surface area contributed by atoms with Crippen molar-refractivity contribution in [3.8, 4) is 0 Å². The van der Waals surface area contributed by atoms with Gasteiger partial charge in [-0.2, -0.15) is 0 Å². The van der Waals surface area contributed by atoms with Crippen LogP contribution in [0.4, 0.5) is 5.69 Å². The molecule has 0 unspecified atom stereocenters. The maximum Gasteiger partial charge on any atom is 0.163 e. The summed E-state index contributed by atoms with van der Waals surface area (Å²) in [7, 11) is 3.90. The minimum absolute atomic E-state index is 0.302. The molecular formula is C19H28N2O. The second kappa shape index (κ2) is 7.57. The molecule has 1 aromatic rings. The van der Waals surface area contributed by atoms with E-state index in [1.807, 2.05) is 45.0 Å². The van der Waals surface area contributed by atoms with Crippen molar-refractivity contribution in [3.63, 3.8) is 0 Å². The van der Waals surface area contributed by atoms with Crippen molar-refractivity contribution in [1.29, 1.82) is 0 Å². The topological polar surface area (TPSA) is 32.7 Å². The van der Waals surface area contributed by atoms with E-state index in [4.69, 9.17) is 0 Å². The SMILES string of the molecule is Cc1cc(C(=O)CC2CCCCC2)c(C)cc1N=CN(C)C. The number of hydrogen-bond acceptors (Lipinski definition) is 2. The predicted octanol–water partition coefficient (Wildman–Crippen LogP) is 4.68. The lowest BCUT2D eigenvalue weighted by atomic mass is 9.84. The van der Waals surface area contributed by atoms with Crippen molar-refractivity contribution < 1.29 is 4.79 Å². The minimum atomic E-state index is 0.302. The standard InChI is InChI=1S/C19H28N2O/c1-14-11-18(20-13-21(3)4)15(2)10-17(14)19(22)12-16-8-6-5-7-9-16/h10-11,13,16H,5-9,12H2,1-4H3. The van der Waals surface area contributed by atoms with Crippen LogP contribution in [0.1, 0.15) is 60.0 Å². The van der Waals surface area contributed by atoms with E-state index in [-0.39, 0.29) is 0 Å². The first-order valence-corrected chi connectivity index (χ1v) is 8.32. The molecule has 22 heavy (non-hydrogen) atoms.